The van der Waals surface area contributed by atoms with Crippen LogP contribution in [0.3, 0.4) is 0 Å². The molecule has 2 rings (SSSR count). The van der Waals surface area contributed by atoms with Gasteiger partial charge in [0.05, 0.1) is 18.1 Å². The minimum Gasteiger partial charge on any atom is -0.494 e. The van der Waals surface area contributed by atoms with E-state index in [0.29, 0.717) is 6.61 Å². The summed E-state index contributed by atoms with van der Waals surface area (Å²) in [5.41, 5.74) is 1.47. The average molecular weight is 311 g/mol. The van der Waals surface area contributed by atoms with Crippen molar-refractivity contribution in [2.24, 2.45) is 0 Å². The van der Waals surface area contributed by atoms with Gasteiger partial charge < -0.3 is 10.1 Å². The summed E-state index contributed by atoms with van der Waals surface area (Å²) in [5, 5.41) is 3.11. The number of ether oxygens (including phenoxy) is 1. The average Bonchev–Trinajstić information content (AvgIpc) is 2.56. The molecule has 2 aromatic carbocycles. The fourth-order valence-electron chi connectivity index (χ4n) is 2.49. The van der Waals surface area contributed by atoms with Crippen LogP contribution in [-0.4, -0.2) is 12.5 Å². The first-order valence-electron chi connectivity index (χ1n) is 8.04. The molecular formula is C20H25NO2. The van der Waals surface area contributed by atoms with E-state index in [1.165, 1.54) is 0 Å². The van der Waals surface area contributed by atoms with Crippen LogP contribution in [0.15, 0.2) is 54.6 Å². The highest BCUT2D eigenvalue weighted by molar-refractivity contribution is 5.87. The second-order valence-electron chi connectivity index (χ2n) is 6.19. The first-order chi connectivity index (χ1) is 10.9. The van der Waals surface area contributed by atoms with Gasteiger partial charge in [-0.1, -0.05) is 42.5 Å². The van der Waals surface area contributed by atoms with Gasteiger partial charge in [-0.05, 0) is 51.0 Å². The van der Waals surface area contributed by atoms with E-state index in [9.17, 15) is 4.79 Å². The second-order valence-corrected chi connectivity index (χ2v) is 6.19. The van der Waals surface area contributed by atoms with Crippen molar-refractivity contribution in [3.05, 3.63) is 65.7 Å². The topological polar surface area (TPSA) is 38.3 Å². The normalized spacial score (nSPS) is 12.5. The van der Waals surface area contributed by atoms with E-state index in [1.807, 2.05) is 82.3 Å². The molecule has 0 unspecified atom stereocenters. The molecular weight excluding hydrogens is 286 g/mol. The third-order valence-electron chi connectivity index (χ3n) is 4.08. The molecule has 0 aromatic heterocycles. The van der Waals surface area contributed by atoms with Crippen LogP contribution in [0.2, 0.25) is 0 Å². The van der Waals surface area contributed by atoms with Gasteiger partial charge in [0.25, 0.3) is 0 Å². The number of hydrogen-bond acceptors (Lipinski definition) is 2. The van der Waals surface area contributed by atoms with Crippen LogP contribution in [0.25, 0.3) is 0 Å². The predicted molar refractivity (Wildman–Crippen MR) is 93.6 cm³/mol. The smallest absolute Gasteiger partial charge is 0.230 e. The van der Waals surface area contributed by atoms with Crippen LogP contribution in [0, 0.1) is 0 Å². The molecule has 1 N–H and O–H groups in total. The molecule has 0 saturated carbocycles. The Balaban J connectivity index is 2.11. The molecule has 3 heteroatoms. The summed E-state index contributed by atoms with van der Waals surface area (Å²) >= 11 is 0. The molecule has 3 nitrogen and oxygen atoms in total. The minimum absolute atomic E-state index is 0.0120. The van der Waals surface area contributed by atoms with Gasteiger partial charge in [-0.15, -0.1) is 0 Å². The van der Waals surface area contributed by atoms with Gasteiger partial charge in [-0.3, -0.25) is 4.79 Å². The summed E-state index contributed by atoms with van der Waals surface area (Å²) in [5.74, 6) is 0.839. The van der Waals surface area contributed by atoms with Crippen molar-refractivity contribution in [2.45, 2.75) is 39.2 Å². The first-order valence-corrected chi connectivity index (χ1v) is 8.04. The number of carbonyl (C=O) groups excluding carboxylic acids is 1. The van der Waals surface area contributed by atoms with E-state index in [-0.39, 0.29) is 11.9 Å². The largest absolute Gasteiger partial charge is 0.494 e. The zero-order chi connectivity index (χ0) is 16.9. The van der Waals surface area contributed by atoms with Crippen LogP contribution >= 0.6 is 0 Å². The monoisotopic (exact) mass is 311 g/mol. The van der Waals surface area contributed by atoms with Gasteiger partial charge >= 0.3 is 0 Å². The van der Waals surface area contributed by atoms with Crippen molar-refractivity contribution >= 4 is 5.91 Å². The van der Waals surface area contributed by atoms with Crippen LogP contribution in [0.1, 0.15) is 44.9 Å². The number of rotatable bonds is 6. The van der Waals surface area contributed by atoms with E-state index in [0.717, 1.165) is 16.9 Å². The zero-order valence-corrected chi connectivity index (χ0v) is 14.3. The van der Waals surface area contributed by atoms with Gasteiger partial charge in [0, 0.05) is 0 Å². The Bertz CT molecular complexity index is 650. The molecule has 2 aromatic rings. The van der Waals surface area contributed by atoms with Crippen LogP contribution < -0.4 is 10.1 Å². The molecule has 1 amide bonds. The molecule has 0 saturated heterocycles. The quantitative estimate of drug-likeness (QED) is 0.866. The minimum atomic E-state index is -0.576. The molecule has 1 atom stereocenters. The molecule has 122 valence electrons. The van der Waals surface area contributed by atoms with Gasteiger partial charge in [0.2, 0.25) is 5.91 Å². The highest BCUT2D eigenvalue weighted by Crippen LogP contribution is 2.25. The van der Waals surface area contributed by atoms with Crippen molar-refractivity contribution in [1.29, 1.82) is 0 Å². The lowest BCUT2D eigenvalue weighted by molar-refractivity contribution is -0.126. The number of carbonyl (C=O) groups is 1. The van der Waals surface area contributed by atoms with E-state index < -0.39 is 5.41 Å². The number of hydrogen-bond donors (Lipinski definition) is 1. The maximum absolute atomic E-state index is 12.7. The van der Waals surface area contributed by atoms with E-state index in [4.69, 9.17) is 4.74 Å². The third-order valence-corrected chi connectivity index (χ3v) is 4.08. The maximum Gasteiger partial charge on any atom is 0.230 e. The van der Waals surface area contributed by atoms with Gasteiger partial charge in [-0.2, -0.15) is 0 Å². The fraction of sp³-hybridized carbons (Fsp3) is 0.350. The number of nitrogens with one attached hydrogen (secondary N) is 1. The lowest BCUT2D eigenvalue weighted by Crippen LogP contribution is -2.41. The van der Waals surface area contributed by atoms with Gasteiger partial charge in [0.15, 0.2) is 0 Å². The van der Waals surface area contributed by atoms with Crippen molar-refractivity contribution in [2.75, 3.05) is 6.61 Å². The predicted octanol–water partition coefficient (Wildman–Crippen LogP) is 4.24. The van der Waals surface area contributed by atoms with Crippen LogP contribution in [0.4, 0.5) is 0 Å². The van der Waals surface area contributed by atoms with E-state index in [1.54, 1.807) is 0 Å². The Morgan fingerprint density at radius 3 is 2.48 bits per heavy atom. The van der Waals surface area contributed by atoms with E-state index in [2.05, 4.69) is 5.32 Å². The van der Waals surface area contributed by atoms with Crippen LogP contribution in [0.5, 0.6) is 5.75 Å². The zero-order valence-electron chi connectivity index (χ0n) is 14.3. The Morgan fingerprint density at radius 1 is 1.13 bits per heavy atom. The summed E-state index contributed by atoms with van der Waals surface area (Å²) in [7, 11) is 0. The van der Waals surface area contributed by atoms with Crippen molar-refractivity contribution in [3.8, 4) is 5.75 Å². The maximum atomic E-state index is 12.7. The highest BCUT2D eigenvalue weighted by atomic mass is 16.5. The fourth-order valence-corrected chi connectivity index (χ4v) is 2.49. The molecule has 23 heavy (non-hydrogen) atoms. The standard InChI is InChI=1S/C20H25NO2/c1-5-23-18-13-9-10-16(14-18)15(2)21-19(22)20(3,4)17-11-7-6-8-12-17/h6-15H,5H2,1-4H3,(H,21,22)/t15-/m1/s1. The Morgan fingerprint density at radius 2 is 1.83 bits per heavy atom. The van der Waals surface area contributed by atoms with Gasteiger partial charge in [0.1, 0.15) is 5.75 Å². The molecule has 0 bridgehead atoms. The summed E-state index contributed by atoms with van der Waals surface area (Å²) in [6, 6.07) is 17.6. The Kier molecular flexibility index (Phi) is 5.43. The summed E-state index contributed by atoms with van der Waals surface area (Å²) < 4.78 is 5.53. The summed E-state index contributed by atoms with van der Waals surface area (Å²) in [4.78, 5) is 12.7. The summed E-state index contributed by atoms with van der Waals surface area (Å²) in [6.45, 7) is 8.47. The number of benzene rings is 2. The highest BCUT2D eigenvalue weighted by Gasteiger charge is 2.30. The van der Waals surface area contributed by atoms with Crippen molar-refractivity contribution in [1.82, 2.24) is 5.32 Å². The molecule has 0 spiro atoms. The van der Waals surface area contributed by atoms with Crippen molar-refractivity contribution < 1.29 is 9.53 Å². The molecule has 0 aliphatic heterocycles. The third kappa shape index (κ3) is 4.13. The molecule has 0 fully saturated rings. The first kappa shape index (κ1) is 17.1. The second kappa shape index (κ2) is 7.32. The lowest BCUT2D eigenvalue weighted by Gasteiger charge is -2.26. The molecule has 0 aliphatic rings. The molecule has 0 heterocycles. The van der Waals surface area contributed by atoms with Crippen LogP contribution in [-0.2, 0) is 10.2 Å². The SMILES string of the molecule is CCOc1cccc([C@@H](C)NC(=O)C(C)(C)c2ccccc2)c1. The van der Waals surface area contributed by atoms with Gasteiger partial charge in [-0.25, -0.2) is 0 Å². The molecule has 0 aliphatic carbocycles. The molecule has 0 radical (unpaired) electrons. The Labute approximate surface area is 138 Å². The van der Waals surface area contributed by atoms with E-state index >= 15 is 0 Å². The Hall–Kier alpha value is -2.29. The number of amides is 1. The van der Waals surface area contributed by atoms with Crippen molar-refractivity contribution in [3.63, 3.8) is 0 Å². The lowest BCUT2D eigenvalue weighted by atomic mass is 9.83. The summed E-state index contributed by atoms with van der Waals surface area (Å²) in [6.07, 6.45) is 0.